The predicted molar refractivity (Wildman–Crippen MR) is 74.5 cm³/mol. The molecule has 1 saturated carbocycles. The smallest absolute Gasteiger partial charge is 0.309 e. The van der Waals surface area contributed by atoms with Gasteiger partial charge in [0.2, 0.25) is 0 Å². The molecule has 0 bridgehead atoms. The first-order valence-corrected chi connectivity index (χ1v) is 6.79. The van der Waals surface area contributed by atoms with Gasteiger partial charge in [0.1, 0.15) is 5.75 Å². The number of anilines is 1. The van der Waals surface area contributed by atoms with E-state index >= 15 is 0 Å². The molecule has 0 unspecified atom stereocenters. The largest absolute Gasteiger partial charge is 0.494 e. The fraction of sp³-hybridized carbons (Fsp3) is 0.467. The summed E-state index contributed by atoms with van der Waals surface area (Å²) in [6.07, 6.45) is 0.860. The quantitative estimate of drug-likeness (QED) is 0.810. The van der Waals surface area contributed by atoms with Crippen molar-refractivity contribution in [1.82, 2.24) is 0 Å². The molecular weight excluding hydrogens is 258 g/mol. The van der Waals surface area contributed by atoms with Crippen LogP contribution in [0.3, 0.4) is 0 Å². The van der Waals surface area contributed by atoms with E-state index < -0.39 is 0 Å². The number of rotatable bonds is 6. The lowest BCUT2D eigenvalue weighted by Crippen LogP contribution is -2.21. The fourth-order valence-corrected chi connectivity index (χ4v) is 1.89. The van der Waals surface area contributed by atoms with Crippen LogP contribution in [0.2, 0.25) is 0 Å². The Labute approximate surface area is 118 Å². The van der Waals surface area contributed by atoms with Crippen LogP contribution in [0.4, 0.5) is 5.69 Å². The van der Waals surface area contributed by atoms with E-state index in [2.05, 4.69) is 5.32 Å². The molecule has 0 spiro atoms. The summed E-state index contributed by atoms with van der Waals surface area (Å²) < 4.78 is 10.3. The highest BCUT2D eigenvalue weighted by Crippen LogP contribution is 2.38. The van der Waals surface area contributed by atoms with Gasteiger partial charge in [-0.25, -0.2) is 0 Å². The van der Waals surface area contributed by atoms with Gasteiger partial charge in [0.15, 0.2) is 6.61 Å². The molecule has 1 amide bonds. The van der Waals surface area contributed by atoms with Crippen LogP contribution in [-0.4, -0.2) is 25.1 Å². The number of esters is 1. The third kappa shape index (κ3) is 3.98. The fourth-order valence-electron chi connectivity index (χ4n) is 1.89. The highest BCUT2D eigenvalue weighted by Gasteiger charge is 2.40. The molecule has 1 aromatic carbocycles. The van der Waals surface area contributed by atoms with Crippen LogP contribution in [0.5, 0.6) is 5.75 Å². The van der Waals surface area contributed by atoms with Crippen molar-refractivity contribution < 1.29 is 19.1 Å². The third-order valence-corrected chi connectivity index (χ3v) is 3.21. The Kier molecular flexibility index (Phi) is 4.61. The van der Waals surface area contributed by atoms with Crippen molar-refractivity contribution in [3.8, 4) is 5.75 Å². The standard InChI is InChI=1S/C15H19NO4/c1-3-19-12-6-4-11(5-7-12)16-14(17)9-20-15(18)13-8-10(13)2/h4-7,10,13H,3,8-9H2,1-2H3,(H,16,17)/t10-,13-/m1/s1. The maximum absolute atomic E-state index is 11.6. The Morgan fingerprint density at radius 3 is 2.50 bits per heavy atom. The molecule has 1 aliphatic rings. The Bertz CT molecular complexity index is 483. The molecule has 1 fully saturated rings. The van der Waals surface area contributed by atoms with Crippen LogP contribution >= 0.6 is 0 Å². The second-order valence-electron chi connectivity index (χ2n) is 4.93. The molecular formula is C15H19NO4. The zero-order chi connectivity index (χ0) is 14.5. The second-order valence-corrected chi connectivity index (χ2v) is 4.93. The lowest BCUT2D eigenvalue weighted by Gasteiger charge is -2.07. The van der Waals surface area contributed by atoms with Crippen molar-refractivity contribution in [2.75, 3.05) is 18.5 Å². The maximum atomic E-state index is 11.6. The lowest BCUT2D eigenvalue weighted by atomic mass is 10.3. The van der Waals surface area contributed by atoms with Crippen molar-refractivity contribution in [3.63, 3.8) is 0 Å². The molecule has 0 radical (unpaired) electrons. The van der Waals surface area contributed by atoms with Gasteiger partial charge in [0.05, 0.1) is 12.5 Å². The lowest BCUT2D eigenvalue weighted by molar-refractivity contribution is -0.148. The molecule has 5 heteroatoms. The van der Waals surface area contributed by atoms with Crippen molar-refractivity contribution in [3.05, 3.63) is 24.3 Å². The van der Waals surface area contributed by atoms with Gasteiger partial charge in [0.25, 0.3) is 5.91 Å². The number of nitrogens with one attached hydrogen (secondary N) is 1. The summed E-state index contributed by atoms with van der Waals surface area (Å²) >= 11 is 0. The molecule has 1 N–H and O–H groups in total. The van der Waals surface area contributed by atoms with Gasteiger partial charge in [-0.3, -0.25) is 9.59 Å². The maximum Gasteiger partial charge on any atom is 0.309 e. The van der Waals surface area contributed by atoms with Crippen molar-refractivity contribution >= 4 is 17.6 Å². The molecule has 5 nitrogen and oxygen atoms in total. The number of carbonyl (C=O) groups is 2. The minimum atomic E-state index is -0.337. The number of amides is 1. The van der Waals surface area contributed by atoms with Crippen molar-refractivity contribution in [1.29, 1.82) is 0 Å². The SMILES string of the molecule is CCOc1ccc(NC(=O)COC(=O)[C@@H]2C[C@H]2C)cc1. The topological polar surface area (TPSA) is 64.6 Å². The number of benzene rings is 1. The summed E-state index contributed by atoms with van der Waals surface area (Å²) in [4.78, 5) is 23.1. The Morgan fingerprint density at radius 1 is 1.30 bits per heavy atom. The summed E-state index contributed by atoms with van der Waals surface area (Å²) in [5.74, 6) is 0.500. The average Bonchev–Trinajstić information content (AvgIpc) is 3.16. The van der Waals surface area contributed by atoms with Crippen LogP contribution in [0.25, 0.3) is 0 Å². The van der Waals surface area contributed by atoms with Crippen molar-refractivity contribution in [2.45, 2.75) is 20.3 Å². The van der Waals surface area contributed by atoms with E-state index in [9.17, 15) is 9.59 Å². The van der Waals surface area contributed by atoms with Crippen LogP contribution in [0.1, 0.15) is 20.3 Å². The minimum Gasteiger partial charge on any atom is -0.494 e. The minimum absolute atomic E-state index is 0.0201. The van der Waals surface area contributed by atoms with Gasteiger partial charge >= 0.3 is 5.97 Å². The van der Waals surface area contributed by atoms with Crippen LogP contribution < -0.4 is 10.1 Å². The summed E-state index contributed by atoms with van der Waals surface area (Å²) in [6, 6.07) is 7.04. The second kappa shape index (κ2) is 6.41. The van der Waals surface area contributed by atoms with E-state index in [-0.39, 0.29) is 24.4 Å². The molecule has 1 aliphatic carbocycles. The van der Waals surface area contributed by atoms with E-state index in [0.717, 1.165) is 12.2 Å². The zero-order valence-corrected chi connectivity index (χ0v) is 11.7. The first kappa shape index (κ1) is 14.4. The summed E-state index contributed by atoms with van der Waals surface area (Å²) in [5.41, 5.74) is 0.647. The van der Waals surface area contributed by atoms with E-state index in [1.807, 2.05) is 13.8 Å². The Morgan fingerprint density at radius 2 is 1.95 bits per heavy atom. The predicted octanol–water partition coefficient (Wildman–Crippen LogP) is 2.22. The molecule has 108 valence electrons. The van der Waals surface area contributed by atoms with Crippen molar-refractivity contribution in [2.24, 2.45) is 11.8 Å². The molecule has 0 saturated heterocycles. The van der Waals surface area contributed by atoms with Gasteiger partial charge < -0.3 is 14.8 Å². The van der Waals surface area contributed by atoms with E-state index in [1.165, 1.54) is 0 Å². The van der Waals surface area contributed by atoms with Gasteiger partial charge in [-0.15, -0.1) is 0 Å². The summed E-state index contributed by atoms with van der Waals surface area (Å²) in [5, 5.41) is 2.67. The Balaban J connectivity index is 1.74. The molecule has 2 atom stereocenters. The molecule has 2 rings (SSSR count). The van der Waals surface area contributed by atoms with Gasteiger partial charge in [0, 0.05) is 5.69 Å². The molecule has 1 aromatic rings. The molecule has 0 heterocycles. The van der Waals surface area contributed by atoms with Gasteiger partial charge in [-0.2, -0.15) is 0 Å². The first-order chi connectivity index (χ1) is 9.60. The number of carbonyl (C=O) groups excluding carboxylic acids is 2. The Hall–Kier alpha value is -2.04. The molecule has 0 aliphatic heterocycles. The third-order valence-electron chi connectivity index (χ3n) is 3.21. The van der Waals surface area contributed by atoms with E-state index in [4.69, 9.17) is 9.47 Å². The van der Waals surface area contributed by atoms with Gasteiger partial charge in [-0.05, 0) is 43.5 Å². The number of hydrogen-bond acceptors (Lipinski definition) is 4. The highest BCUT2D eigenvalue weighted by molar-refractivity contribution is 5.93. The number of hydrogen-bond donors (Lipinski definition) is 1. The van der Waals surface area contributed by atoms with E-state index in [1.54, 1.807) is 24.3 Å². The summed E-state index contributed by atoms with van der Waals surface area (Å²) in [7, 11) is 0. The molecule has 20 heavy (non-hydrogen) atoms. The van der Waals surface area contributed by atoms with Crippen LogP contribution in [0.15, 0.2) is 24.3 Å². The zero-order valence-electron chi connectivity index (χ0n) is 11.7. The molecule has 0 aromatic heterocycles. The van der Waals surface area contributed by atoms with Crippen LogP contribution in [0, 0.1) is 11.8 Å². The van der Waals surface area contributed by atoms with Crippen LogP contribution in [-0.2, 0) is 14.3 Å². The van der Waals surface area contributed by atoms with Gasteiger partial charge in [-0.1, -0.05) is 6.92 Å². The van der Waals surface area contributed by atoms with E-state index in [0.29, 0.717) is 18.2 Å². The monoisotopic (exact) mass is 277 g/mol. The normalized spacial score (nSPS) is 20.1. The summed E-state index contributed by atoms with van der Waals surface area (Å²) in [6.45, 7) is 4.26. The number of ether oxygens (including phenoxy) is 2. The highest BCUT2D eigenvalue weighted by atomic mass is 16.5. The average molecular weight is 277 g/mol. The first-order valence-electron chi connectivity index (χ1n) is 6.79.